The number of nitrogens with one attached hydrogen (secondary N) is 1. The second-order valence-corrected chi connectivity index (χ2v) is 5.72. The van der Waals surface area contributed by atoms with Crippen LogP contribution in [-0.4, -0.2) is 17.4 Å². The first-order valence-corrected chi connectivity index (χ1v) is 6.85. The summed E-state index contributed by atoms with van der Waals surface area (Å²) in [5.74, 6) is 5.50. The number of anilines is 1. The van der Waals surface area contributed by atoms with E-state index in [1.54, 1.807) is 12.3 Å². The summed E-state index contributed by atoms with van der Waals surface area (Å²) < 4.78 is 0. The zero-order chi connectivity index (χ0) is 13.0. The summed E-state index contributed by atoms with van der Waals surface area (Å²) >= 11 is 2.79. The molecule has 0 saturated heterocycles. The van der Waals surface area contributed by atoms with Crippen LogP contribution in [-0.2, 0) is 0 Å². The molecule has 0 spiro atoms. The van der Waals surface area contributed by atoms with Crippen LogP contribution in [0.4, 0.5) is 5.13 Å². The fourth-order valence-corrected chi connectivity index (χ4v) is 2.67. The van der Waals surface area contributed by atoms with Gasteiger partial charge in [0.1, 0.15) is 0 Å². The zero-order valence-corrected chi connectivity index (χ0v) is 11.3. The predicted molar refractivity (Wildman–Crippen MR) is 75.1 cm³/mol. The SMILES string of the molecule is Cc1cnc(NC(=O)c2ccc(C#CCN)s2)s1. The third-order valence-corrected chi connectivity index (χ3v) is 3.81. The van der Waals surface area contributed by atoms with E-state index in [9.17, 15) is 4.79 Å². The van der Waals surface area contributed by atoms with Gasteiger partial charge < -0.3 is 5.73 Å². The van der Waals surface area contributed by atoms with E-state index in [0.29, 0.717) is 16.6 Å². The Balaban J connectivity index is 2.07. The van der Waals surface area contributed by atoms with Crippen LogP contribution >= 0.6 is 22.7 Å². The van der Waals surface area contributed by atoms with Crippen molar-refractivity contribution in [3.8, 4) is 11.8 Å². The third-order valence-electron chi connectivity index (χ3n) is 1.99. The molecule has 2 aromatic rings. The van der Waals surface area contributed by atoms with E-state index in [1.807, 2.05) is 13.0 Å². The maximum Gasteiger partial charge on any atom is 0.267 e. The number of carbonyl (C=O) groups excluding carboxylic acids is 1. The van der Waals surface area contributed by atoms with Gasteiger partial charge in [-0.05, 0) is 19.1 Å². The number of rotatable bonds is 2. The smallest absolute Gasteiger partial charge is 0.267 e. The number of aromatic nitrogens is 1. The first-order chi connectivity index (χ1) is 8.69. The molecule has 0 aliphatic heterocycles. The Morgan fingerprint density at radius 1 is 1.50 bits per heavy atom. The van der Waals surface area contributed by atoms with Gasteiger partial charge in [-0.3, -0.25) is 10.1 Å². The van der Waals surface area contributed by atoms with Crippen LogP contribution in [0.3, 0.4) is 0 Å². The number of thiophene rings is 1. The lowest BCUT2D eigenvalue weighted by molar-refractivity contribution is 0.103. The lowest BCUT2D eigenvalue weighted by Crippen LogP contribution is -2.09. The highest BCUT2D eigenvalue weighted by molar-refractivity contribution is 7.16. The highest BCUT2D eigenvalue weighted by Gasteiger charge is 2.10. The summed E-state index contributed by atoms with van der Waals surface area (Å²) in [6.07, 6.45) is 1.73. The van der Waals surface area contributed by atoms with E-state index < -0.39 is 0 Å². The van der Waals surface area contributed by atoms with Gasteiger partial charge in [0.2, 0.25) is 0 Å². The largest absolute Gasteiger partial charge is 0.320 e. The van der Waals surface area contributed by atoms with Crippen molar-refractivity contribution in [1.82, 2.24) is 4.98 Å². The number of nitrogens with two attached hydrogens (primary N) is 1. The monoisotopic (exact) mass is 277 g/mol. The summed E-state index contributed by atoms with van der Waals surface area (Å²) in [4.78, 5) is 18.5. The molecule has 0 saturated carbocycles. The molecule has 2 heterocycles. The second kappa shape index (κ2) is 5.78. The highest BCUT2D eigenvalue weighted by Crippen LogP contribution is 2.20. The molecule has 0 atom stereocenters. The average molecular weight is 277 g/mol. The predicted octanol–water partition coefficient (Wildman–Crippen LogP) is 2.08. The minimum Gasteiger partial charge on any atom is -0.320 e. The van der Waals surface area contributed by atoms with Crippen molar-refractivity contribution in [2.24, 2.45) is 5.73 Å². The average Bonchev–Trinajstić information content (AvgIpc) is 2.96. The number of amides is 1. The van der Waals surface area contributed by atoms with E-state index in [2.05, 4.69) is 22.1 Å². The van der Waals surface area contributed by atoms with Crippen LogP contribution in [0.25, 0.3) is 0 Å². The van der Waals surface area contributed by atoms with Crippen LogP contribution < -0.4 is 11.1 Å². The lowest BCUT2D eigenvalue weighted by Gasteiger charge is -1.96. The van der Waals surface area contributed by atoms with E-state index >= 15 is 0 Å². The molecule has 4 nitrogen and oxygen atoms in total. The zero-order valence-electron chi connectivity index (χ0n) is 9.69. The normalized spacial score (nSPS) is 9.67. The molecule has 0 aliphatic carbocycles. The van der Waals surface area contributed by atoms with E-state index in [1.165, 1.54) is 22.7 Å². The summed E-state index contributed by atoms with van der Waals surface area (Å²) in [6, 6.07) is 3.57. The second-order valence-electron chi connectivity index (χ2n) is 3.40. The fourth-order valence-electron chi connectivity index (χ4n) is 1.24. The molecule has 0 aromatic carbocycles. The minimum atomic E-state index is -0.157. The van der Waals surface area contributed by atoms with Crippen molar-refractivity contribution < 1.29 is 4.79 Å². The molecule has 0 radical (unpaired) electrons. The molecule has 0 bridgehead atoms. The van der Waals surface area contributed by atoms with Crippen molar-refractivity contribution in [1.29, 1.82) is 0 Å². The Morgan fingerprint density at radius 2 is 2.33 bits per heavy atom. The van der Waals surface area contributed by atoms with Gasteiger partial charge in [0.05, 0.1) is 16.3 Å². The molecule has 0 unspecified atom stereocenters. The van der Waals surface area contributed by atoms with Gasteiger partial charge in [-0.25, -0.2) is 4.98 Å². The highest BCUT2D eigenvalue weighted by atomic mass is 32.1. The molecule has 2 aromatic heterocycles. The molecular weight excluding hydrogens is 266 g/mol. The van der Waals surface area contributed by atoms with Gasteiger partial charge in [-0.1, -0.05) is 11.8 Å². The lowest BCUT2D eigenvalue weighted by atomic mass is 10.4. The third kappa shape index (κ3) is 3.17. The van der Waals surface area contributed by atoms with Gasteiger partial charge in [0, 0.05) is 11.1 Å². The first kappa shape index (κ1) is 12.8. The van der Waals surface area contributed by atoms with Crippen LogP contribution in [0, 0.1) is 18.8 Å². The Kier molecular flexibility index (Phi) is 4.10. The Bertz CT molecular complexity index is 619. The Labute approximate surface area is 113 Å². The summed E-state index contributed by atoms with van der Waals surface area (Å²) in [7, 11) is 0. The van der Waals surface area contributed by atoms with E-state index in [-0.39, 0.29) is 5.91 Å². The maximum atomic E-state index is 11.9. The number of hydrogen-bond donors (Lipinski definition) is 2. The Hall–Kier alpha value is -1.68. The van der Waals surface area contributed by atoms with Crippen LogP contribution in [0.2, 0.25) is 0 Å². The van der Waals surface area contributed by atoms with E-state index in [0.717, 1.165) is 9.75 Å². The maximum absolute atomic E-state index is 11.9. The van der Waals surface area contributed by atoms with Gasteiger partial charge in [-0.2, -0.15) is 0 Å². The minimum absolute atomic E-state index is 0.157. The van der Waals surface area contributed by atoms with Gasteiger partial charge in [-0.15, -0.1) is 22.7 Å². The van der Waals surface area contributed by atoms with E-state index in [4.69, 9.17) is 5.73 Å². The van der Waals surface area contributed by atoms with Crippen LogP contribution in [0.5, 0.6) is 0 Å². The molecule has 6 heteroatoms. The van der Waals surface area contributed by atoms with Crippen molar-refractivity contribution in [3.63, 3.8) is 0 Å². The van der Waals surface area contributed by atoms with Gasteiger partial charge >= 0.3 is 0 Å². The number of hydrogen-bond acceptors (Lipinski definition) is 5. The molecule has 2 rings (SSSR count). The molecule has 0 fully saturated rings. The fraction of sp³-hybridized carbons (Fsp3) is 0.167. The van der Waals surface area contributed by atoms with Gasteiger partial charge in [0.25, 0.3) is 5.91 Å². The molecule has 3 N–H and O–H groups in total. The number of thiazole rings is 1. The number of nitrogens with zero attached hydrogens (tertiary/aromatic N) is 1. The molecule has 92 valence electrons. The molecule has 1 amide bonds. The topological polar surface area (TPSA) is 68.0 Å². The van der Waals surface area contributed by atoms with Crippen molar-refractivity contribution >= 4 is 33.7 Å². The van der Waals surface area contributed by atoms with Gasteiger partial charge in [0.15, 0.2) is 5.13 Å². The Morgan fingerprint density at radius 3 is 3.00 bits per heavy atom. The quantitative estimate of drug-likeness (QED) is 0.826. The van der Waals surface area contributed by atoms with Crippen LogP contribution in [0.1, 0.15) is 19.4 Å². The number of carbonyl (C=O) groups is 1. The van der Waals surface area contributed by atoms with Crippen molar-refractivity contribution in [2.45, 2.75) is 6.92 Å². The summed E-state index contributed by atoms with van der Waals surface area (Å²) in [5.41, 5.74) is 5.29. The van der Waals surface area contributed by atoms with Crippen molar-refractivity contribution in [3.05, 3.63) is 33.0 Å². The molecule has 0 aliphatic rings. The first-order valence-electron chi connectivity index (χ1n) is 5.21. The van der Waals surface area contributed by atoms with Crippen LogP contribution in [0.15, 0.2) is 18.3 Å². The summed E-state index contributed by atoms with van der Waals surface area (Å²) in [6.45, 7) is 2.26. The molecular formula is C12H11N3OS2. The van der Waals surface area contributed by atoms with Crippen molar-refractivity contribution in [2.75, 3.05) is 11.9 Å². The summed E-state index contributed by atoms with van der Waals surface area (Å²) in [5, 5.41) is 3.37. The molecule has 18 heavy (non-hydrogen) atoms. The number of aryl methyl sites for hydroxylation is 1. The standard InChI is InChI=1S/C12H11N3OS2/c1-8-7-14-12(17-8)15-11(16)10-5-4-9(18-10)3-2-6-13/h4-5,7H,6,13H2,1H3,(H,14,15,16).